The summed E-state index contributed by atoms with van der Waals surface area (Å²) in [7, 11) is 1.71. The minimum atomic E-state index is 0.0210. The first-order chi connectivity index (χ1) is 14.0. The molecular formula is C24H32N2O3. The van der Waals surface area contributed by atoms with Crippen molar-refractivity contribution in [1.82, 2.24) is 4.90 Å². The lowest BCUT2D eigenvalue weighted by molar-refractivity contribution is 0.248. The summed E-state index contributed by atoms with van der Waals surface area (Å²) in [6.07, 6.45) is 0. The molecule has 2 aromatic carbocycles. The molecule has 0 atom stereocenters. The van der Waals surface area contributed by atoms with Crippen LogP contribution in [0.1, 0.15) is 37.8 Å². The highest BCUT2D eigenvalue weighted by molar-refractivity contribution is 5.58. The molecule has 0 amide bonds. The van der Waals surface area contributed by atoms with E-state index in [0.29, 0.717) is 18.9 Å². The first kappa shape index (κ1) is 21.2. The molecular weight excluding hydrogens is 364 g/mol. The normalized spacial score (nSPS) is 14.9. The third kappa shape index (κ3) is 4.91. The van der Waals surface area contributed by atoms with Gasteiger partial charge in [-0.25, -0.2) is 0 Å². The molecule has 3 rings (SSSR count). The highest BCUT2D eigenvalue weighted by Gasteiger charge is 2.21. The Hall–Kier alpha value is -2.53. The fraction of sp³-hybridized carbons (Fsp3) is 0.458. The molecule has 0 spiro atoms. The lowest BCUT2D eigenvalue weighted by Crippen LogP contribution is -2.46. The lowest BCUT2D eigenvalue weighted by atomic mass is 10.0. The van der Waals surface area contributed by atoms with Crippen LogP contribution < -0.4 is 19.8 Å². The van der Waals surface area contributed by atoms with Gasteiger partial charge >= 0.3 is 0 Å². The van der Waals surface area contributed by atoms with Crippen molar-refractivity contribution in [2.75, 3.05) is 44.8 Å². The summed E-state index contributed by atoms with van der Waals surface area (Å²) in [5.74, 6) is 1.66. The maximum Gasteiger partial charge on any atom is 0.225 e. The molecule has 0 unspecified atom stereocenters. The Kier molecular flexibility index (Phi) is 7.15. The molecule has 0 saturated carbocycles. The Morgan fingerprint density at radius 2 is 1.72 bits per heavy atom. The average Bonchev–Trinajstić information content (AvgIpc) is 2.88. The number of piperazine rings is 1. The Bertz CT molecular complexity index is 874. The fourth-order valence-electron chi connectivity index (χ4n) is 3.85. The number of rotatable bonds is 7. The summed E-state index contributed by atoms with van der Waals surface area (Å²) >= 11 is 0. The molecule has 0 bridgehead atoms. The van der Waals surface area contributed by atoms with Crippen LogP contribution in [0.4, 0.5) is 5.69 Å². The Morgan fingerprint density at radius 1 is 1.00 bits per heavy atom. The van der Waals surface area contributed by atoms with Crippen molar-refractivity contribution in [3.8, 4) is 11.5 Å². The summed E-state index contributed by atoms with van der Waals surface area (Å²) in [6, 6.07) is 14.1. The molecule has 0 aliphatic carbocycles. The van der Waals surface area contributed by atoms with Crippen molar-refractivity contribution in [1.29, 1.82) is 0 Å². The number of methoxy groups -OCH3 is 1. The van der Waals surface area contributed by atoms with Crippen molar-refractivity contribution >= 4 is 5.69 Å². The maximum absolute atomic E-state index is 13.1. The van der Waals surface area contributed by atoms with Gasteiger partial charge in [-0.05, 0) is 25.0 Å². The van der Waals surface area contributed by atoms with Gasteiger partial charge in [-0.15, -0.1) is 0 Å². The van der Waals surface area contributed by atoms with Crippen molar-refractivity contribution in [2.45, 2.75) is 33.2 Å². The van der Waals surface area contributed by atoms with Gasteiger partial charge < -0.3 is 14.4 Å². The van der Waals surface area contributed by atoms with E-state index in [1.54, 1.807) is 7.11 Å². The van der Waals surface area contributed by atoms with Crippen LogP contribution >= 0.6 is 0 Å². The van der Waals surface area contributed by atoms with Crippen LogP contribution in [0.3, 0.4) is 0 Å². The van der Waals surface area contributed by atoms with Crippen LogP contribution in [-0.2, 0) is 6.54 Å². The van der Waals surface area contributed by atoms with E-state index in [0.717, 1.165) is 48.7 Å². The SMILES string of the molecule is CCOc1c(C(C)C)cccc(CN2CCN(c3ccccc3OC)CC2)c1=O. The van der Waals surface area contributed by atoms with Crippen LogP contribution in [-0.4, -0.2) is 44.8 Å². The zero-order valence-corrected chi connectivity index (χ0v) is 18.0. The highest BCUT2D eigenvalue weighted by Crippen LogP contribution is 2.28. The quantitative estimate of drug-likeness (QED) is 0.710. The predicted molar refractivity (Wildman–Crippen MR) is 118 cm³/mol. The second-order valence-corrected chi connectivity index (χ2v) is 7.69. The van der Waals surface area contributed by atoms with Gasteiger partial charge in [0.15, 0.2) is 5.75 Å². The largest absolute Gasteiger partial charge is 0.495 e. The second kappa shape index (κ2) is 9.79. The molecule has 1 saturated heterocycles. The van der Waals surface area contributed by atoms with E-state index in [1.807, 2.05) is 43.3 Å². The minimum Gasteiger partial charge on any atom is -0.495 e. The molecule has 156 valence electrons. The third-order valence-electron chi connectivity index (χ3n) is 5.44. The number of nitrogens with zero attached hydrogens (tertiary/aromatic N) is 2. The average molecular weight is 397 g/mol. The van der Waals surface area contributed by atoms with Gasteiger partial charge in [0.05, 0.1) is 19.4 Å². The van der Waals surface area contributed by atoms with Gasteiger partial charge in [-0.2, -0.15) is 0 Å². The fourth-order valence-corrected chi connectivity index (χ4v) is 3.85. The summed E-state index contributed by atoms with van der Waals surface area (Å²) in [5, 5.41) is 0. The molecule has 1 heterocycles. The summed E-state index contributed by atoms with van der Waals surface area (Å²) in [4.78, 5) is 17.8. The molecule has 0 radical (unpaired) electrons. The van der Waals surface area contributed by atoms with E-state index in [1.165, 1.54) is 0 Å². The van der Waals surface area contributed by atoms with Crippen LogP contribution in [0.15, 0.2) is 47.3 Å². The van der Waals surface area contributed by atoms with Crippen LogP contribution in [0.25, 0.3) is 0 Å². The van der Waals surface area contributed by atoms with Crippen molar-refractivity contribution in [2.24, 2.45) is 0 Å². The number of ether oxygens (including phenoxy) is 2. The van der Waals surface area contributed by atoms with Crippen molar-refractivity contribution in [3.63, 3.8) is 0 Å². The van der Waals surface area contributed by atoms with Gasteiger partial charge in [-0.3, -0.25) is 9.69 Å². The van der Waals surface area contributed by atoms with Gasteiger partial charge in [0.2, 0.25) is 5.43 Å². The minimum absolute atomic E-state index is 0.0210. The number of benzene rings is 1. The zero-order valence-electron chi connectivity index (χ0n) is 18.0. The molecule has 2 aromatic rings. The number of para-hydroxylation sites is 2. The first-order valence-electron chi connectivity index (χ1n) is 10.4. The van der Waals surface area contributed by atoms with Crippen LogP contribution in [0, 0.1) is 0 Å². The number of hydrogen-bond acceptors (Lipinski definition) is 5. The standard InChI is InChI=1S/C24H32N2O3/c1-5-29-24-20(18(2)3)10-8-9-19(23(24)27)17-25-13-15-26(16-14-25)21-11-6-7-12-22(21)28-4/h6-12,18H,5,13-17H2,1-4H3. The smallest absolute Gasteiger partial charge is 0.225 e. The topological polar surface area (TPSA) is 42.0 Å². The number of hydrogen-bond donors (Lipinski definition) is 0. The highest BCUT2D eigenvalue weighted by atomic mass is 16.5. The molecule has 1 fully saturated rings. The number of anilines is 1. The molecule has 0 aromatic heterocycles. The van der Waals surface area contributed by atoms with E-state index in [2.05, 4.69) is 29.7 Å². The van der Waals surface area contributed by atoms with Crippen molar-refractivity contribution in [3.05, 3.63) is 63.8 Å². The van der Waals surface area contributed by atoms with E-state index < -0.39 is 0 Å². The van der Waals surface area contributed by atoms with E-state index in [-0.39, 0.29) is 11.3 Å². The molecule has 1 aliphatic heterocycles. The van der Waals surface area contributed by atoms with Crippen molar-refractivity contribution < 1.29 is 9.47 Å². The monoisotopic (exact) mass is 396 g/mol. The molecule has 5 heteroatoms. The summed E-state index contributed by atoms with van der Waals surface area (Å²) in [5.41, 5.74) is 2.92. The predicted octanol–water partition coefficient (Wildman–Crippen LogP) is 3.90. The molecule has 1 aliphatic rings. The second-order valence-electron chi connectivity index (χ2n) is 7.69. The Balaban J connectivity index is 1.74. The summed E-state index contributed by atoms with van der Waals surface area (Å²) in [6.45, 7) is 10.9. The summed E-state index contributed by atoms with van der Waals surface area (Å²) < 4.78 is 11.3. The maximum atomic E-state index is 13.1. The van der Waals surface area contributed by atoms with Gasteiger partial charge in [-0.1, -0.05) is 44.2 Å². The Labute approximate surface area is 173 Å². The van der Waals surface area contributed by atoms with E-state index in [4.69, 9.17) is 9.47 Å². The Morgan fingerprint density at radius 3 is 2.38 bits per heavy atom. The van der Waals surface area contributed by atoms with Gasteiger partial charge in [0.25, 0.3) is 0 Å². The lowest BCUT2D eigenvalue weighted by Gasteiger charge is -2.36. The molecule has 5 nitrogen and oxygen atoms in total. The molecule has 0 N–H and O–H groups in total. The van der Waals surface area contributed by atoms with E-state index >= 15 is 0 Å². The molecule has 29 heavy (non-hydrogen) atoms. The van der Waals surface area contributed by atoms with Crippen LogP contribution in [0.5, 0.6) is 11.5 Å². The first-order valence-corrected chi connectivity index (χ1v) is 10.4. The van der Waals surface area contributed by atoms with Gasteiger partial charge in [0, 0.05) is 43.9 Å². The third-order valence-corrected chi connectivity index (χ3v) is 5.44. The zero-order chi connectivity index (χ0) is 20.8. The van der Waals surface area contributed by atoms with Crippen LogP contribution in [0.2, 0.25) is 0 Å². The van der Waals surface area contributed by atoms with Gasteiger partial charge in [0.1, 0.15) is 5.75 Å². The van der Waals surface area contributed by atoms with E-state index in [9.17, 15) is 4.79 Å².